The number of amides is 1. The largest absolute Gasteiger partial charge is 0.469 e. The summed E-state index contributed by atoms with van der Waals surface area (Å²) < 4.78 is 5.43. The maximum absolute atomic E-state index is 12.7. The lowest BCUT2D eigenvalue weighted by atomic mass is 10.2. The molecule has 2 fully saturated rings. The predicted molar refractivity (Wildman–Crippen MR) is 85.1 cm³/mol. The first-order valence-corrected chi connectivity index (χ1v) is 8.67. The minimum absolute atomic E-state index is 0.123. The lowest BCUT2D eigenvalue weighted by molar-refractivity contribution is -0.132. The van der Waals surface area contributed by atoms with Crippen LogP contribution in [0, 0.1) is 5.92 Å². The Kier molecular flexibility index (Phi) is 3.62. The van der Waals surface area contributed by atoms with Crippen molar-refractivity contribution in [1.82, 2.24) is 9.88 Å². The van der Waals surface area contributed by atoms with Gasteiger partial charge in [-0.25, -0.2) is 4.98 Å². The molecule has 2 aromatic rings. The van der Waals surface area contributed by atoms with Crippen molar-refractivity contribution in [2.24, 2.45) is 5.92 Å². The van der Waals surface area contributed by atoms with Gasteiger partial charge in [0.25, 0.3) is 0 Å². The topological polar surface area (TPSA) is 49.6 Å². The third-order valence-corrected chi connectivity index (χ3v) is 5.35. The molecule has 22 heavy (non-hydrogen) atoms. The summed E-state index contributed by atoms with van der Waals surface area (Å²) in [5.41, 5.74) is 0. The third-order valence-electron chi connectivity index (χ3n) is 4.51. The summed E-state index contributed by atoms with van der Waals surface area (Å²) in [6, 6.07) is 3.87. The Bertz CT molecular complexity index is 626. The maximum atomic E-state index is 12.7. The van der Waals surface area contributed by atoms with Crippen molar-refractivity contribution in [1.29, 1.82) is 0 Å². The Morgan fingerprint density at radius 2 is 2.27 bits per heavy atom. The molecule has 1 saturated carbocycles. The number of hydrogen-bond acceptors (Lipinski definition) is 5. The van der Waals surface area contributed by atoms with Gasteiger partial charge in [0.2, 0.25) is 5.91 Å². The molecule has 2 atom stereocenters. The summed E-state index contributed by atoms with van der Waals surface area (Å²) in [7, 11) is 0. The molecule has 1 amide bonds. The molecule has 5 nitrogen and oxygen atoms in total. The number of aromatic nitrogens is 1. The minimum Gasteiger partial charge on any atom is -0.469 e. The van der Waals surface area contributed by atoms with Gasteiger partial charge in [-0.2, -0.15) is 0 Å². The van der Waals surface area contributed by atoms with Crippen molar-refractivity contribution in [2.75, 3.05) is 31.1 Å². The zero-order valence-electron chi connectivity index (χ0n) is 12.4. The Labute approximate surface area is 133 Å². The summed E-state index contributed by atoms with van der Waals surface area (Å²) in [5.74, 6) is 1.67. The highest BCUT2D eigenvalue weighted by molar-refractivity contribution is 7.13. The molecule has 0 unspecified atom stereocenters. The Hall–Kier alpha value is -1.82. The lowest BCUT2D eigenvalue weighted by Gasteiger charge is -2.21. The highest BCUT2D eigenvalue weighted by Crippen LogP contribution is 2.48. The molecule has 1 aliphatic carbocycles. The van der Waals surface area contributed by atoms with Crippen LogP contribution < -0.4 is 4.90 Å². The normalized spacial score (nSPS) is 25.1. The van der Waals surface area contributed by atoms with Crippen LogP contribution in [0.25, 0.3) is 0 Å². The number of thiazole rings is 1. The quantitative estimate of drug-likeness (QED) is 0.873. The SMILES string of the molecule is O=C([C@@H]1C[C@H]1c1ccco1)N1CCCN(c2nccs2)CC1. The molecule has 0 bridgehead atoms. The number of rotatable bonds is 3. The third kappa shape index (κ3) is 2.63. The van der Waals surface area contributed by atoms with Crippen LogP contribution in [-0.2, 0) is 4.79 Å². The van der Waals surface area contributed by atoms with Gasteiger partial charge >= 0.3 is 0 Å². The first-order valence-electron chi connectivity index (χ1n) is 7.79. The molecule has 2 aromatic heterocycles. The van der Waals surface area contributed by atoms with Crippen LogP contribution in [0.15, 0.2) is 34.4 Å². The second-order valence-corrected chi connectivity index (χ2v) is 6.82. The zero-order valence-corrected chi connectivity index (χ0v) is 13.2. The highest BCUT2D eigenvalue weighted by atomic mass is 32.1. The summed E-state index contributed by atoms with van der Waals surface area (Å²) in [6.45, 7) is 3.49. The van der Waals surface area contributed by atoms with Crippen molar-refractivity contribution < 1.29 is 9.21 Å². The van der Waals surface area contributed by atoms with Crippen LogP contribution in [0.5, 0.6) is 0 Å². The maximum Gasteiger partial charge on any atom is 0.226 e. The van der Waals surface area contributed by atoms with Crippen molar-refractivity contribution in [3.8, 4) is 0 Å². The fraction of sp³-hybridized carbons (Fsp3) is 0.500. The summed E-state index contributed by atoms with van der Waals surface area (Å²) in [5, 5.41) is 3.07. The first kappa shape index (κ1) is 13.8. The van der Waals surface area contributed by atoms with E-state index in [9.17, 15) is 4.79 Å². The van der Waals surface area contributed by atoms with E-state index in [0.717, 1.165) is 49.9 Å². The summed E-state index contributed by atoms with van der Waals surface area (Å²) in [6.07, 6.45) is 5.46. The van der Waals surface area contributed by atoms with Crippen molar-refractivity contribution >= 4 is 22.4 Å². The van der Waals surface area contributed by atoms with Crippen LogP contribution in [0.3, 0.4) is 0 Å². The smallest absolute Gasteiger partial charge is 0.226 e. The molecule has 2 aliphatic rings. The van der Waals surface area contributed by atoms with Gasteiger partial charge in [0, 0.05) is 49.6 Å². The van der Waals surface area contributed by atoms with Gasteiger partial charge in [-0.05, 0) is 25.0 Å². The van der Waals surface area contributed by atoms with E-state index in [1.165, 1.54) is 0 Å². The van der Waals surface area contributed by atoms with E-state index in [1.807, 2.05) is 28.6 Å². The molecule has 4 rings (SSSR count). The van der Waals surface area contributed by atoms with Crippen molar-refractivity contribution in [3.05, 3.63) is 35.7 Å². The number of anilines is 1. The second kappa shape index (κ2) is 5.76. The predicted octanol–water partition coefficient (Wildman–Crippen LogP) is 2.58. The average Bonchev–Trinajstić information content (AvgIpc) is 2.94. The van der Waals surface area contributed by atoms with Gasteiger partial charge in [-0.1, -0.05) is 0 Å². The van der Waals surface area contributed by atoms with Crippen LogP contribution in [-0.4, -0.2) is 42.0 Å². The molecule has 0 N–H and O–H groups in total. The molecule has 3 heterocycles. The molecule has 1 saturated heterocycles. The van der Waals surface area contributed by atoms with E-state index in [-0.39, 0.29) is 5.92 Å². The zero-order chi connectivity index (χ0) is 14.9. The Morgan fingerprint density at radius 1 is 1.32 bits per heavy atom. The van der Waals surface area contributed by atoms with Crippen LogP contribution >= 0.6 is 11.3 Å². The van der Waals surface area contributed by atoms with Gasteiger partial charge in [0.1, 0.15) is 5.76 Å². The van der Waals surface area contributed by atoms with Crippen molar-refractivity contribution in [3.63, 3.8) is 0 Å². The molecule has 1 aliphatic heterocycles. The summed E-state index contributed by atoms with van der Waals surface area (Å²) >= 11 is 1.66. The molecule has 0 radical (unpaired) electrons. The Balaban J connectivity index is 1.37. The second-order valence-electron chi connectivity index (χ2n) is 5.94. The van der Waals surface area contributed by atoms with E-state index in [4.69, 9.17) is 4.42 Å². The molecular weight excluding hydrogens is 298 g/mol. The number of carbonyl (C=O) groups excluding carboxylic acids is 1. The standard InChI is InChI=1S/C16H19N3O2S/c20-15(13-11-12(13)14-3-1-9-21-14)18-5-2-6-19(8-7-18)16-17-4-10-22-16/h1,3-4,9-10,12-13H,2,5-8,11H2/t12-,13-/m1/s1. The molecule has 6 heteroatoms. The molecule has 0 aromatic carbocycles. The van der Waals surface area contributed by atoms with Gasteiger partial charge < -0.3 is 14.2 Å². The first-order chi connectivity index (χ1) is 10.8. The van der Waals surface area contributed by atoms with Gasteiger partial charge in [-0.3, -0.25) is 4.79 Å². The fourth-order valence-corrected chi connectivity index (χ4v) is 3.92. The number of furan rings is 1. The van der Waals surface area contributed by atoms with Crippen LogP contribution in [0.4, 0.5) is 5.13 Å². The van der Waals surface area contributed by atoms with Gasteiger partial charge in [-0.15, -0.1) is 11.3 Å². The van der Waals surface area contributed by atoms with E-state index in [2.05, 4.69) is 9.88 Å². The van der Waals surface area contributed by atoms with E-state index < -0.39 is 0 Å². The van der Waals surface area contributed by atoms with Crippen LogP contribution in [0.2, 0.25) is 0 Å². The van der Waals surface area contributed by atoms with E-state index in [1.54, 1.807) is 17.6 Å². The summed E-state index contributed by atoms with van der Waals surface area (Å²) in [4.78, 5) is 21.4. The monoisotopic (exact) mass is 317 g/mol. The van der Waals surface area contributed by atoms with Gasteiger partial charge in [0.15, 0.2) is 5.13 Å². The van der Waals surface area contributed by atoms with Crippen LogP contribution in [0.1, 0.15) is 24.5 Å². The molecule has 0 spiro atoms. The molecular formula is C16H19N3O2S. The molecule has 116 valence electrons. The highest BCUT2D eigenvalue weighted by Gasteiger charge is 2.47. The lowest BCUT2D eigenvalue weighted by Crippen LogP contribution is -2.36. The van der Waals surface area contributed by atoms with Gasteiger partial charge in [0.05, 0.1) is 6.26 Å². The van der Waals surface area contributed by atoms with E-state index >= 15 is 0 Å². The fourth-order valence-electron chi connectivity index (χ4n) is 3.22. The number of carbonyl (C=O) groups is 1. The number of hydrogen-bond donors (Lipinski definition) is 0. The number of nitrogens with zero attached hydrogens (tertiary/aromatic N) is 3. The van der Waals surface area contributed by atoms with E-state index in [0.29, 0.717) is 11.8 Å². The average molecular weight is 317 g/mol. The Morgan fingerprint density at radius 3 is 3.05 bits per heavy atom. The minimum atomic E-state index is 0.123. The van der Waals surface area contributed by atoms with Crippen molar-refractivity contribution in [2.45, 2.75) is 18.8 Å².